The van der Waals surface area contributed by atoms with Gasteiger partial charge in [-0.25, -0.2) is 0 Å². The van der Waals surface area contributed by atoms with Gasteiger partial charge < -0.3 is 15.5 Å². The van der Waals surface area contributed by atoms with Crippen molar-refractivity contribution in [1.29, 1.82) is 0 Å². The molecule has 0 saturated heterocycles. The molecule has 0 fully saturated rings. The van der Waals surface area contributed by atoms with Gasteiger partial charge in [-0.1, -0.05) is 24.3 Å². The number of hydrogen-bond donors (Lipinski definition) is 2. The van der Waals surface area contributed by atoms with Gasteiger partial charge in [0.2, 0.25) is 5.91 Å². The lowest BCUT2D eigenvalue weighted by Gasteiger charge is -2.21. The predicted octanol–water partition coefficient (Wildman–Crippen LogP) is 1.08. The van der Waals surface area contributed by atoms with Crippen molar-refractivity contribution in [2.45, 2.75) is 20.0 Å². The number of ketones is 1. The zero-order chi connectivity index (χ0) is 16.0. The Hall–Kier alpha value is -2.56. The van der Waals surface area contributed by atoms with Crippen molar-refractivity contribution in [1.82, 2.24) is 15.5 Å². The van der Waals surface area contributed by atoms with E-state index < -0.39 is 0 Å². The molecule has 3 aliphatic heterocycles. The fourth-order valence-electron chi connectivity index (χ4n) is 3.65. The minimum Gasteiger partial charge on any atom is -0.383 e. The molecule has 1 amide bonds. The average molecular weight is 309 g/mol. The lowest BCUT2D eigenvalue weighted by Crippen LogP contribution is -2.37. The van der Waals surface area contributed by atoms with Crippen LogP contribution in [0.25, 0.3) is 0 Å². The zero-order valence-electron chi connectivity index (χ0n) is 13.1. The number of nitrogens with zero attached hydrogens (tertiary/aromatic N) is 1. The number of nitrogens with one attached hydrogen (secondary N) is 2. The first kappa shape index (κ1) is 14.1. The van der Waals surface area contributed by atoms with E-state index in [1.54, 1.807) is 0 Å². The number of amides is 1. The monoisotopic (exact) mass is 309 g/mol. The molecule has 3 aliphatic rings. The van der Waals surface area contributed by atoms with E-state index in [2.05, 4.69) is 22.8 Å². The van der Waals surface area contributed by atoms with Crippen molar-refractivity contribution < 1.29 is 9.59 Å². The van der Waals surface area contributed by atoms with E-state index in [0.29, 0.717) is 25.2 Å². The minimum atomic E-state index is -0.380. The van der Waals surface area contributed by atoms with Crippen LogP contribution in [0, 0.1) is 5.92 Å². The van der Waals surface area contributed by atoms with Gasteiger partial charge in [0.1, 0.15) is 0 Å². The summed E-state index contributed by atoms with van der Waals surface area (Å²) in [5.41, 5.74) is 4.85. The predicted molar refractivity (Wildman–Crippen MR) is 86.0 cm³/mol. The van der Waals surface area contributed by atoms with Crippen LogP contribution >= 0.6 is 0 Å². The van der Waals surface area contributed by atoms with E-state index in [0.717, 1.165) is 11.3 Å². The molecule has 1 atom stereocenters. The third kappa shape index (κ3) is 2.23. The van der Waals surface area contributed by atoms with Crippen molar-refractivity contribution >= 4 is 11.7 Å². The van der Waals surface area contributed by atoms with Crippen LogP contribution in [0.2, 0.25) is 0 Å². The molecular weight excluding hydrogens is 290 g/mol. The number of fused-ring (bicyclic) bond motifs is 1. The van der Waals surface area contributed by atoms with E-state index in [1.165, 1.54) is 11.1 Å². The van der Waals surface area contributed by atoms with Gasteiger partial charge in [0, 0.05) is 37.1 Å². The van der Waals surface area contributed by atoms with Crippen LogP contribution in [0.1, 0.15) is 18.1 Å². The van der Waals surface area contributed by atoms with Gasteiger partial charge in [-0.15, -0.1) is 0 Å². The second-order valence-corrected chi connectivity index (χ2v) is 6.32. The van der Waals surface area contributed by atoms with Crippen LogP contribution in [0.4, 0.5) is 0 Å². The van der Waals surface area contributed by atoms with E-state index in [4.69, 9.17) is 0 Å². The first-order valence-corrected chi connectivity index (χ1v) is 7.92. The third-order valence-electron chi connectivity index (χ3n) is 4.83. The molecule has 0 saturated carbocycles. The highest BCUT2D eigenvalue weighted by atomic mass is 16.2. The van der Waals surface area contributed by atoms with Gasteiger partial charge in [-0.2, -0.15) is 0 Å². The molecule has 0 spiro atoms. The Morgan fingerprint density at radius 2 is 1.91 bits per heavy atom. The quantitative estimate of drug-likeness (QED) is 0.815. The van der Waals surface area contributed by atoms with Gasteiger partial charge in [0.15, 0.2) is 5.78 Å². The fraction of sp³-hybridized carbons (Fsp3) is 0.333. The largest absolute Gasteiger partial charge is 0.383 e. The molecule has 0 aliphatic carbocycles. The Morgan fingerprint density at radius 1 is 1.22 bits per heavy atom. The number of rotatable bonds is 1. The highest BCUT2D eigenvalue weighted by molar-refractivity contribution is 6.05. The van der Waals surface area contributed by atoms with Crippen LogP contribution in [0.5, 0.6) is 0 Å². The van der Waals surface area contributed by atoms with Crippen molar-refractivity contribution in [3.05, 3.63) is 58.4 Å². The highest BCUT2D eigenvalue weighted by Crippen LogP contribution is 2.31. The maximum Gasteiger partial charge on any atom is 0.232 e. The van der Waals surface area contributed by atoms with Gasteiger partial charge in [-0.05, 0) is 23.6 Å². The molecule has 1 aromatic rings. The summed E-state index contributed by atoms with van der Waals surface area (Å²) in [6, 6.07) is 8.13. The van der Waals surface area contributed by atoms with E-state index >= 15 is 0 Å². The fourth-order valence-corrected chi connectivity index (χ4v) is 3.65. The second-order valence-electron chi connectivity index (χ2n) is 6.32. The zero-order valence-corrected chi connectivity index (χ0v) is 13.1. The first-order chi connectivity index (χ1) is 11.1. The molecule has 3 heterocycles. The third-order valence-corrected chi connectivity index (χ3v) is 4.83. The summed E-state index contributed by atoms with van der Waals surface area (Å²) >= 11 is 0. The molecule has 0 aromatic heterocycles. The molecule has 1 aromatic carbocycles. The average Bonchev–Trinajstić information content (AvgIpc) is 3.15. The molecule has 5 nitrogen and oxygen atoms in total. The Kier molecular flexibility index (Phi) is 3.22. The molecule has 118 valence electrons. The Morgan fingerprint density at radius 3 is 2.61 bits per heavy atom. The Bertz CT molecular complexity index is 738. The SMILES string of the molecule is CC1=CNCC(=O)C2=C1NCC2C(=O)N1Cc2ccccc2C1. The smallest absolute Gasteiger partial charge is 0.232 e. The van der Waals surface area contributed by atoms with Crippen LogP contribution in [-0.2, 0) is 22.7 Å². The topological polar surface area (TPSA) is 61.4 Å². The molecule has 5 heteroatoms. The Labute approximate surface area is 135 Å². The molecule has 0 bridgehead atoms. The van der Waals surface area contributed by atoms with Gasteiger partial charge >= 0.3 is 0 Å². The van der Waals surface area contributed by atoms with E-state index in [1.807, 2.05) is 30.2 Å². The van der Waals surface area contributed by atoms with Crippen LogP contribution in [0.15, 0.2) is 47.3 Å². The first-order valence-electron chi connectivity index (χ1n) is 7.92. The summed E-state index contributed by atoms with van der Waals surface area (Å²) < 4.78 is 0. The molecule has 2 N–H and O–H groups in total. The van der Waals surface area contributed by atoms with Crippen molar-refractivity contribution in [2.24, 2.45) is 5.92 Å². The summed E-state index contributed by atoms with van der Waals surface area (Å²) in [6.07, 6.45) is 1.84. The normalized spacial score (nSPS) is 22.8. The molecule has 0 radical (unpaired) electrons. The van der Waals surface area contributed by atoms with Crippen molar-refractivity contribution in [3.63, 3.8) is 0 Å². The summed E-state index contributed by atoms with van der Waals surface area (Å²) in [5.74, 6) is -0.329. The maximum atomic E-state index is 13.0. The molecule has 4 rings (SSSR count). The number of carbonyl (C=O) groups is 2. The van der Waals surface area contributed by atoms with E-state index in [9.17, 15) is 9.59 Å². The molecule has 1 unspecified atom stereocenters. The minimum absolute atomic E-state index is 0.00756. The van der Waals surface area contributed by atoms with Crippen molar-refractivity contribution in [2.75, 3.05) is 13.1 Å². The molecule has 23 heavy (non-hydrogen) atoms. The van der Waals surface area contributed by atoms with Crippen LogP contribution in [0.3, 0.4) is 0 Å². The van der Waals surface area contributed by atoms with Gasteiger partial charge in [0.05, 0.1) is 12.5 Å². The number of benzene rings is 1. The highest BCUT2D eigenvalue weighted by Gasteiger charge is 2.39. The number of allylic oxidation sites excluding steroid dienone is 1. The lowest BCUT2D eigenvalue weighted by molar-refractivity contribution is -0.135. The van der Waals surface area contributed by atoms with Gasteiger partial charge in [0.25, 0.3) is 0 Å². The van der Waals surface area contributed by atoms with Crippen molar-refractivity contribution in [3.8, 4) is 0 Å². The molecular formula is C18H19N3O2. The second kappa shape index (κ2) is 5.26. The number of carbonyl (C=O) groups excluding carboxylic acids is 2. The summed E-state index contributed by atoms with van der Waals surface area (Å²) in [4.78, 5) is 27.3. The number of Topliss-reactive ketones (excluding diaryl/α,β-unsaturated/α-hetero) is 1. The standard InChI is InChI=1S/C18H19N3O2/c1-11-6-19-8-15(22)16-14(7-20-17(11)16)18(23)21-9-12-4-2-3-5-13(12)10-21/h2-6,14,19-20H,7-10H2,1H3. The maximum absolute atomic E-state index is 13.0. The summed E-state index contributed by atoms with van der Waals surface area (Å²) in [7, 11) is 0. The Balaban J connectivity index is 1.61. The van der Waals surface area contributed by atoms with Crippen LogP contribution < -0.4 is 10.6 Å². The lowest BCUT2D eigenvalue weighted by atomic mass is 9.94. The number of hydrogen-bond acceptors (Lipinski definition) is 4. The summed E-state index contributed by atoms with van der Waals surface area (Å²) in [6.45, 7) is 3.98. The van der Waals surface area contributed by atoms with Gasteiger partial charge in [-0.3, -0.25) is 9.59 Å². The van der Waals surface area contributed by atoms with Crippen LogP contribution in [-0.4, -0.2) is 29.7 Å². The van der Waals surface area contributed by atoms with E-state index in [-0.39, 0.29) is 24.2 Å². The summed E-state index contributed by atoms with van der Waals surface area (Å²) in [5, 5.41) is 6.26.